The molecule has 2 aliphatic carbocycles. The van der Waals surface area contributed by atoms with Crippen LogP contribution in [0.25, 0.3) is 11.4 Å². The summed E-state index contributed by atoms with van der Waals surface area (Å²) in [6.45, 7) is 4.85. The molecule has 2 aromatic carbocycles. The molecule has 10 nitrogen and oxygen atoms in total. The molecule has 4 aromatic rings. The van der Waals surface area contributed by atoms with Crippen LogP contribution in [0, 0.1) is 0 Å². The topological polar surface area (TPSA) is 140 Å². The maximum Gasteiger partial charge on any atom is 0.269 e. The molecule has 45 heavy (non-hydrogen) atoms. The largest absolute Gasteiger partial charge is 0.494 e. The number of anilines is 3. The lowest BCUT2D eigenvalue weighted by Crippen LogP contribution is -2.28. The summed E-state index contributed by atoms with van der Waals surface area (Å²) in [7, 11) is 1.65. The number of hydrogen-bond acceptors (Lipinski definition) is 8. The number of carbonyl (C=O) groups is 1. The van der Waals surface area contributed by atoms with E-state index in [1.54, 1.807) is 7.11 Å². The number of rotatable bonds is 10. The van der Waals surface area contributed by atoms with E-state index in [0.29, 0.717) is 36.4 Å². The fourth-order valence-corrected chi connectivity index (χ4v) is 6.79. The highest BCUT2D eigenvalue weighted by molar-refractivity contribution is 5.94. The van der Waals surface area contributed by atoms with Crippen molar-refractivity contribution >= 4 is 23.2 Å². The Hall–Kier alpha value is -4.44. The standard InChI is InChI=1S/C35H43N7O3/c1-4-21-8-6-9-22(5-2)28(21)20-42-33-27(32(41-42)34(36)44)11-7-10-23-19-37-35(40-31(23)33)39-29-17-14-25(18-30(29)45-3)38-24-12-15-26(43)16-13-24/h6,8-9,14,17-19,24,26,38,43H,4-5,7,10-13,15-16,20H2,1-3H3,(H2,36,44)(H,37,39,40). The van der Waals surface area contributed by atoms with Crippen LogP contribution in [0.3, 0.4) is 0 Å². The van der Waals surface area contributed by atoms with Crippen molar-refractivity contribution in [3.63, 3.8) is 0 Å². The number of nitrogens with two attached hydrogens (primary N) is 1. The van der Waals surface area contributed by atoms with E-state index in [1.807, 2.05) is 29.1 Å². The molecule has 0 bridgehead atoms. The molecule has 2 aliphatic rings. The summed E-state index contributed by atoms with van der Waals surface area (Å²) in [6, 6.07) is 12.7. The molecule has 1 saturated carbocycles. The van der Waals surface area contributed by atoms with Crippen molar-refractivity contribution in [2.24, 2.45) is 5.73 Å². The molecular weight excluding hydrogens is 566 g/mol. The second kappa shape index (κ2) is 13.3. The molecule has 236 valence electrons. The van der Waals surface area contributed by atoms with Crippen LogP contribution in [0.5, 0.6) is 5.75 Å². The van der Waals surface area contributed by atoms with Crippen molar-refractivity contribution < 1.29 is 14.6 Å². The Morgan fingerprint density at radius 1 is 1.09 bits per heavy atom. The third-order valence-corrected chi connectivity index (χ3v) is 9.20. The summed E-state index contributed by atoms with van der Waals surface area (Å²) in [5, 5.41) is 21.6. The number of methoxy groups -OCH3 is 1. The maximum atomic E-state index is 12.6. The quantitative estimate of drug-likeness (QED) is 0.183. The SMILES string of the molecule is CCc1cccc(CC)c1Cn1nc(C(N)=O)c2c1-c1nc(Nc3ccc(NC4CCC(O)CC4)cc3OC)ncc1CCC2. The van der Waals surface area contributed by atoms with Gasteiger partial charge >= 0.3 is 0 Å². The van der Waals surface area contributed by atoms with Gasteiger partial charge in [-0.2, -0.15) is 5.10 Å². The Morgan fingerprint density at radius 3 is 2.53 bits per heavy atom. The van der Waals surface area contributed by atoms with Gasteiger partial charge in [-0.25, -0.2) is 9.97 Å². The third kappa shape index (κ3) is 6.38. The van der Waals surface area contributed by atoms with Gasteiger partial charge in [0.2, 0.25) is 5.95 Å². The van der Waals surface area contributed by atoms with Gasteiger partial charge in [-0.05, 0) is 92.2 Å². The number of nitrogens with one attached hydrogen (secondary N) is 2. The van der Waals surface area contributed by atoms with Crippen LogP contribution in [-0.4, -0.2) is 50.0 Å². The zero-order valence-electron chi connectivity index (χ0n) is 26.4. The number of hydrogen-bond donors (Lipinski definition) is 4. The second-order valence-electron chi connectivity index (χ2n) is 12.1. The average molecular weight is 610 g/mol. The van der Waals surface area contributed by atoms with Gasteiger partial charge in [0.05, 0.1) is 36.8 Å². The van der Waals surface area contributed by atoms with Gasteiger partial charge in [0.1, 0.15) is 5.75 Å². The highest BCUT2D eigenvalue weighted by Crippen LogP contribution is 2.36. The Morgan fingerprint density at radius 2 is 1.84 bits per heavy atom. The minimum atomic E-state index is -0.525. The van der Waals surface area contributed by atoms with Crippen LogP contribution in [0.4, 0.5) is 17.3 Å². The molecule has 1 fully saturated rings. The summed E-state index contributed by atoms with van der Waals surface area (Å²) in [6.07, 6.45) is 9.31. The molecule has 0 aliphatic heterocycles. The summed E-state index contributed by atoms with van der Waals surface area (Å²) in [4.78, 5) is 22.3. The zero-order chi connectivity index (χ0) is 31.5. The van der Waals surface area contributed by atoms with E-state index in [4.69, 9.17) is 20.6 Å². The lowest BCUT2D eigenvalue weighted by Gasteiger charge is -2.27. The number of benzene rings is 2. The minimum Gasteiger partial charge on any atom is -0.494 e. The van der Waals surface area contributed by atoms with Crippen molar-refractivity contribution in [3.05, 3.63) is 76.1 Å². The van der Waals surface area contributed by atoms with Gasteiger partial charge in [-0.15, -0.1) is 0 Å². The second-order valence-corrected chi connectivity index (χ2v) is 12.1. The Balaban J connectivity index is 1.35. The van der Waals surface area contributed by atoms with Crippen LogP contribution in [-0.2, 0) is 32.2 Å². The molecule has 0 saturated heterocycles. The predicted octanol–water partition coefficient (Wildman–Crippen LogP) is 5.57. The molecule has 2 heterocycles. The molecule has 1 amide bonds. The number of aliphatic hydroxyl groups excluding tert-OH is 1. The van der Waals surface area contributed by atoms with Crippen molar-refractivity contribution in [3.8, 4) is 17.1 Å². The van der Waals surface area contributed by atoms with Gasteiger partial charge < -0.3 is 26.2 Å². The van der Waals surface area contributed by atoms with E-state index in [0.717, 1.165) is 85.3 Å². The number of aryl methyl sites for hydroxylation is 3. The van der Waals surface area contributed by atoms with Gasteiger partial charge in [0.25, 0.3) is 5.91 Å². The smallest absolute Gasteiger partial charge is 0.269 e. The van der Waals surface area contributed by atoms with E-state index in [2.05, 4.69) is 47.7 Å². The summed E-state index contributed by atoms with van der Waals surface area (Å²) in [5.41, 5.74) is 15.1. The number of carbonyl (C=O) groups excluding carboxylic acids is 1. The van der Waals surface area contributed by atoms with E-state index in [-0.39, 0.29) is 6.10 Å². The number of ether oxygens (including phenoxy) is 1. The molecule has 0 unspecified atom stereocenters. The zero-order valence-corrected chi connectivity index (χ0v) is 26.4. The van der Waals surface area contributed by atoms with E-state index < -0.39 is 5.91 Å². The molecule has 0 atom stereocenters. The molecule has 0 spiro atoms. The lowest BCUT2D eigenvalue weighted by molar-refractivity contribution is 0.0994. The minimum absolute atomic E-state index is 0.192. The van der Waals surface area contributed by atoms with Crippen molar-refractivity contribution in [2.75, 3.05) is 17.7 Å². The number of amides is 1. The van der Waals surface area contributed by atoms with Gasteiger partial charge in [0.15, 0.2) is 5.69 Å². The number of fused-ring (bicyclic) bond motifs is 3. The Bertz CT molecular complexity index is 1670. The lowest BCUT2D eigenvalue weighted by atomic mass is 9.93. The van der Waals surface area contributed by atoms with Gasteiger partial charge in [-0.3, -0.25) is 9.48 Å². The molecule has 10 heteroatoms. The van der Waals surface area contributed by atoms with Crippen LogP contribution >= 0.6 is 0 Å². The fraction of sp³-hybridized carbons (Fsp3) is 0.429. The van der Waals surface area contributed by atoms with Crippen LogP contribution < -0.4 is 21.1 Å². The average Bonchev–Trinajstić information content (AvgIpc) is 3.30. The van der Waals surface area contributed by atoms with Gasteiger partial charge in [-0.1, -0.05) is 32.0 Å². The first kappa shape index (κ1) is 30.6. The van der Waals surface area contributed by atoms with Crippen molar-refractivity contribution in [1.29, 1.82) is 0 Å². The van der Waals surface area contributed by atoms with Gasteiger partial charge in [0, 0.05) is 29.6 Å². The molecular formula is C35H43N7O3. The highest BCUT2D eigenvalue weighted by Gasteiger charge is 2.28. The summed E-state index contributed by atoms with van der Waals surface area (Å²) in [5.74, 6) is 0.570. The van der Waals surface area contributed by atoms with E-state index in [9.17, 15) is 9.90 Å². The van der Waals surface area contributed by atoms with Crippen LogP contribution in [0.1, 0.15) is 84.3 Å². The number of primary amides is 1. The third-order valence-electron chi connectivity index (χ3n) is 9.20. The first-order chi connectivity index (χ1) is 21.9. The molecule has 6 rings (SSSR count). The first-order valence-corrected chi connectivity index (χ1v) is 16.1. The normalized spacial score (nSPS) is 17.6. The highest BCUT2D eigenvalue weighted by atomic mass is 16.5. The molecule has 0 radical (unpaired) electrons. The van der Waals surface area contributed by atoms with E-state index >= 15 is 0 Å². The number of aliphatic hydroxyl groups is 1. The van der Waals surface area contributed by atoms with Crippen LogP contribution in [0.2, 0.25) is 0 Å². The monoisotopic (exact) mass is 609 g/mol. The Kier molecular flexibility index (Phi) is 9.02. The van der Waals surface area contributed by atoms with Crippen LogP contribution in [0.15, 0.2) is 42.6 Å². The molecule has 5 N–H and O–H groups in total. The number of aromatic nitrogens is 4. The summed E-state index contributed by atoms with van der Waals surface area (Å²) < 4.78 is 7.67. The van der Waals surface area contributed by atoms with E-state index in [1.165, 1.54) is 16.7 Å². The predicted molar refractivity (Wildman–Crippen MR) is 176 cm³/mol. The first-order valence-electron chi connectivity index (χ1n) is 16.1. The van der Waals surface area contributed by atoms with Crippen molar-refractivity contribution in [1.82, 2.24) is 19.7 Å². The maximum absolute atomic E-state index is 12.6. The summed E-state index contributed by atoms with van der Waals surface area (Å²) >= 11 is 0. The number of nitrogens with zero attached hydrogens (tertiary/aromatic N) is 4. The fourth-order valence-electron chi connectivity index (χ4n) is 6.79. The molecule has 2 aromatic heterocycles. The Labute approximate surface area is 264 Å². The van der Waals surface area contributed by atoms with Crippen molar-refractivity contribution in [2.45, 2.75) is 90.3 Å².